The van der Waals surface area contributed by atoms with Crippen LogP contribution in [0.5, 0.6) is 0 Å². The van der Waals surface area contributed by atoms with Gasteiger partial charge in [0, 0.05) is 0 Å². The van der Waals surface area contributed by atoms with Crippen molar-refractivity contribution < 1.29 is 23.5 Å². The standard InChI is InChI=1S/C25H31FO4/c1-2-3-4-5-6-7-8-11-18-29-24(27)22-12-9-10-13-23(22)25(28)30-19-20-14-16-21(26)17-15-20/h9-10,12-17H,2-8,11,18-19H2,1H3. The third kappa shape index (κ3) is 8.36. The third-order valence-electron chi connectivity index (χ3n) is 4.88. The minimum atomic E-state index is -0.612. The van der Waals surface area contributed by atoms with E-state index in [4.69, 9.17) is 9.47 Å². The highest BCUT2D eigenvalue weighted by Gasteiger charge is 2.19. The Bertz CT molecular complexity index is 786. The Labute approximate surface area is 178 Å². The first-order valence-corrected chi connectivity index (χ1v) is 10.8. The van der Waals surface area contributed by atoms with E-state index < -0.39 is 11.9 Å². The van der Waals surface area contributed by atoms with Crippen molar-refractivity contribution in [2.45, 2.75) is 64.9 Å². The summed E-state index contributed by atoms with van der Waals surface area (Å²) in [5, 5.41) is 0. The molecule has 0 amide bonds. The summed E-state index contributed by atoms with van der Waals surface area (Å²) in [6, 6.07) is 12.2. The van der Waals surface area contributed by atoms with Crippen molar-refractivity contribution >= 4 is 11.9 Å². The fraction of sp³-hybridized carbons (Fsp3) is 0.440. The van der Waals surface area contributed by atoms with Gasteiger partial charge in [-0.15, -0.1) is 0 Å². The van der Waals surface area contributed by atoms with E-state index in [1.807, 2.05) is 0 Å². The molecule has 0 aliphatic carbocycles. The molecule has 162 valence electrons. The molecule has 2 rings (SSSR count). The number of hydrogen-bond acceptors (Lipinski definition) is 4. The van der Waals surface area contributed by atoms with Crippen LogP contribution in [0.3, 0.4) is 0 Å². The van der Waals surface area contributed by atoms with Crippen molar-refractivity contribution in [3.05, 3.63) is 71.0 Å². The zero-order valence-corrected chi connectivity index (χ0v) is 17.7. The van der Waals surface area contributed by atoms with Crippen molar-refractivity contribution in [2.75, 3.05) is 6.61 Å². The lowest BCUT2D eigenvalue weighted by Gasteiger charge is -2.10. The van der Waals surface area contributed by atoms with Gasteiger partial charge in [-0.3, -0.25) is 0 Å². The molecule has 0 atom stereocenters. The van der Waals surface area contributed by atoms with Crippen molar-refractivity contribution in [1.82, 2.24) is 0 Å². The summed E-state index contributed by atoms with van der Waals surface area (Å²) >= 11 is 0. The van der Waals surface area contributed by atoms with Crippen LogP contribution in [0.25, 0.3) is 0 Å². The molecular weight excluding hydrogens is 383 g/mol. The maximum absolute atomic E-state index is 13.0. The molecule has 0 aliphatic heterocycles. The predicted octanol–water partition coefficient (Wildman–Crippen LogP) is 6.48. The van der Waals surface area contributed by atoms with Crippen LogP contribution in [0.2, 0.25) is 0 Å². The van der Waals surface area contributed by atoms with Crippen LogP contribution in [0.15, 0.2) is 48.5 Å². The Kier molecular flexibility index (Phi) is 10.6. The zero-order valence-electron chi connectivity index (χ0n) is 17.7. The van der Waals surface area contributed by atoms with E-state index in [1.54, 1.807) is 36.4 Å². The van der Waals surface area contributed by atoms with Crippen LogP contribution in [0, 0.1) is 5.82 Å². The number of carbonyl (C=O) groups excluding carboxylic acids is 2. The molecule has 0 fully saturated rings. The molecule has 0 saturated carbocycles. The average Bonchev–Trinajstić information content (AvgIpc) is 2.77. The van der Waals surface area contributed by atoms with E-state index in [0.29, 0.717) is 12.2 Å². The maximum Gasteiger partial charge on any atom is 0.339 e. The second kappa shape index (κ2) is 13.5. The van der Waals surface area contributed by atoms with Gasteiger partial charge in [0.2, 0.25) is 0 Å². The number of benzene rings is 2. The summed E-state index contributed by atoms with van der Waals surface area (Å²) in [6.07, 6.45) is 9.31. The molecule has 0 aromatic heterocycles. The SMILES string of the molecule is CCCCCCCCCCOC(=O)c1ccccc1C(=O)OCc1ccc(F)cc1. The number of ether oxygens (including phenoxy) is 2. The summed E-state index contributed by atoms with van der Waals surface area (Å²) in [6.45, 7) is 2.55. The molecule has 0 aliphatic rings. The average molecular weight is 415 g/mol. The summed E-state index contributed by atoms with van der Waals surface area (Å²) < 4.78 is 23.6. The van der Waals surface area contributed by atoms with Crippen molar-refractivity contribution in [3.63, 3.8) is 0 Å². The third-order valence-corrected chi connectivity index (χ3v) is 4.88. The molecule has 0 unspecified atom stereocenters. The number of unbranched alkanes of at least 4 members (excludes halogenated alkanes) is 7. The van der Waals surface area contributed by atoms with Crippen LogP contribution in [-0.2, 0) is 16.1 Å². The smallest absolute Gasteiger partial charge is 0.339 e. The largest absolute Gasteiger partial charge is 0.462 e. The topological polar surface area (TPSA) is 52.6 Å². The quantitative estimate of drug-likeness (QED) is 0.278. The molecule has 0 saturated heterocycles. The first kappa shape index (κ1) is 23.6. The number of carbonyl (C=O) groups is 2. The number of halogens is 1. The monoisotopic (exact) mass is 414 g/mol. The van der Waals surface area contributed by atoms with Crippen LogP contribution in [0.4, 0.5) is 4.39 Å². The van der Waals surface area contributed by atoms with Crippen molar-refractivity contribution in [2.24, 2.45) is 0 Å². The van der Waals surface area contributed by atoms with Gasteiger partial charge in [0.1, 0.15) is 12.4 Å². The van der Waals surface area contributed by atoms with Crippen LogP contribution < -0.4 is 0 Å². The van der Waals surface area contributed by atoms with E-state index in [1.165, 1.54) is 44.2 Å². The van der Waals surface area contributed by atoms with E-state index in [0.717, 1.165) is 19.3 Å². The Morgan fingerprint density at radius 2 is 1.27 bits per heavy atom. The lowest BCUT2D eigenvalue weighted by atomic mass is 10.1. The van der Waals surface area contributed by atoms with E-state index >= 15 is 0 Å². The molecular formula is C25H31FO4. The molecule has 0 heterocycles. The second-order valence-corrected chi connectivity index (χ2v) is 7.36. The van der Waals surface area contributed by atoms with Gasteiger partial charge in [0.15, 0.2) is 0 Å². The van der Waals surface area contributed by atoms with Crippen LogP contribution in [-0.4, -0.2) is 18.5 Å². The second-order valence-electron chi connectivity index (χ2n) is 7.36. The van der Waals surface area contributed by atoms with Crippen LogP contribution in [0.1, 0.15) is 84.6 Å². The van der Waals surface area contributed by atoms with E-state index in [2.05, 4.69) is 6.92 Å². The minimum Gasteiger partial charge on any atom is -0.462 e. The zero-order chi connectivity index (χ0) is 21.6. The molecule has 30 heavy (non-hydrogen) atoms. The predicted molar refractivity (Wildman–Crippen MR) is 115 cm³/mol. The van der Waals surface area contributed by atoms with Crippen molar-refractivity contribution in [1.29, 1.82) is 0 Å². The van der Waals surface area contributed by atoms with Gasteiger partial charge in [0.05, 0.1) is 17.7 Å². The summed E-state index contributed by atoms with van der Waals surface area (Å²) in [4.78, 5) is 24.8. The van der Waals surface area contributed by atoms with E-state index in [9.17, 15) is 14.0 Å². The van der Waals surface area contributed by atoms with Gasteiger partial charge < -0.3 is 9.47 Å². The van der Waals surface area contributed by atoms with Gasteiger partial charge in [-0.25, -0.2) is 14.0 Å². The fourth-order valence-electron chi connectivity index (χ4n) is 3.12. The Morgan fingerprint density at radius 3 is 1.87 bits per heavy atom. The summed E-state index contributed by atoms with van der Waals surface area (Å²) in [7, 11) is 0. The highest BCUT2D eigenvalue weighted by Crippen LogP contribution is 2.14. The minimum absolute atomic E-state index is 0.000745. The lowest BCUT2D eigenvalue weighted by Crippen LogP contribution is -2.14. The number of hydrogen-bond donors (Lipinski definition) is 0. The van der Waals surface area contributed by atoms with Gasteiger partial charge in [-0.1, -0.05) is 76.1 Å². The van der Waals surface area contributed by atoms with Gasteiger partial charge in [0.25, 0.3) is 0 Å². The molecule has 0 radical (unpaired) electrons. The molecule has 0 bridgehead atoms. The highest BCUT2D eigenvalue weighted by molar-refractivity contribution is 6.03. The molecule has 0 spiro atoms. The van der Waals surface area contributed by atoms with E-state index in [-0.39, 0.29) is 23.6 Å². The Hall–Kier alpha value is -2.69. The number of rotatable bonds is 13. The fourth-order valence-corrected chi connectivity index (χ4v) is 3.12. The first-order valence-electron chi connectivity index (χ1n) is 10.8. The molecule has 4 nitrogen and oxygen atoms in total. The molecule has 5 heteroatoms. The highest BCUT2D eigenvalue weighted by atomic mass is 19.1. The van der Waals surface area contributed by atoms with Gasteiger partial charge >= 0.3 is 11.9 Å². The Balaban J connectivity index is 1.77. The normalized spacial score (nSPS) is 10.6. The van der Waals surface area contributed by atoms with Gasteiger partial charge in [-0.2, -0.15) is 0 Å². The maximum atomic E-state index is 13.0. The van der Waals surface area contributed by atoms with Gasteiger partial charge in [-0.05, 0) is 36.2 Å². The summed E-state index contributed by atoms with van der Waals surface area (Å²) in [5.41, 5.74) is 1.03. The first-order chi connectivity index (χ1) is 14.6. The summed E-state index contributed by atoms with van der Waals surface area (Å²) in [5.74, 6) is -1.49. The van der Waals surface area contributed by atoms with Crippen LogP contribution >= 0.6 is 0 Å². The van der Waals surface area contributed by atoms with Crippen molar-refractivity contribution in [3.8, 4) is 0 Å². The molecule has 2 aromatic rings. The molecule has 0 N–H and O–H groups in total. The Morgan fingerprint density at radius 1 is 0.733 bits per heavy atom. The lowest BCUT2D eigenvalue weighted by molar-refractivity contribution is 0.0436. The number of esters is 2. The molecule has 2 aromatic carbocycles.